The molecule has 0 atom stereocenters. The molecule has 0 unspecified atom stereocenters. The van der Waals surface area contributed by atoms with Gasteiger partial charge in [-0.2, -0.15) is 0 Å². The van der Waals surface area contributed by atoms with Crippen LogP contribution in [0.3, 0.4) is 0 Å². The lowest BCUT2D eigenvalue weighted by Crippen LogP contribution is -2.47. The highest BCUT2D eigenvalue weighted by Crippen LogP contribution is 2.17. The van der Waals surface area contributed by atoms with Crippen LogP contribution in [0.4, 0.5) is 15.8 Å². The molecule has 1 fully saturated rings. The summed E-state index contributed by atoms with van der Waals surface area (Å²) < 4.78 is 13.5. The van der Waals surface area contributed by atoms with Gasteiger partial charge in [-0.3, -0.25) is 14.5 Å². The molecule has 1 aliphatic rings. The first-order valence-electron chi connectivity index (χ1n) is 6.88. The van der Waals surface area contributed by atoms with Crippen LogP contribution in [0.15, 0.2) is 18.2 Å². The number of hydrogen-bond acceptors (Lipinski definition) is 4. The van der Waals surface area contributed by atoms with Gasteiger partial charge in [-0.1, -0.05) is 0 Å². The Kier molecular flexibility index (Phi) is 5.10. The second-order valence-electron chi connectivity index (χ2n) is 5.02. The Bertz CT molecular complexity index is 536. The number of piperazine rings is 1. The standard InChI is InChI=1S/C14H19FN4O2/c15-11-4-3-10(16)8-12(11)18-13(20)2-1-6-19-7-5-17-14(21)9-19/h3-4,8H,1-2,5-7,9,16H2,(H,17,21)(H,18,20). The first-order chi connectivity index (χ1) is 10.0. The fourth-order valence-corrected chi connectivity index (χ4v) is 2.20. The molecule has 0 spiro atoms. The van der Waals surface area contributed by atoms with E-state index in [1.54, 1.807) is 0 Å². The normalized spacial score (nSPS) is 15.6. The fourth-order valence-electron chi connectivity index (χ4n) is 2.20. The third-order valence-corrected chi connectivity index (χ3v) is 3.26. The van der Waals surface area contributed by atoms with Crippen molar-refractivity contribution in [1.82, 2.24) is 10.2 Å². The second-order valence-corrected chi connectivity index (χ2v) is 5.02. The van der Waals surface area contributed by atoms with Crippen molar-refractivity contribution >= 4 is 23.2 Å². The zero-order valence-electron chi connectivity index (χ0n) is 11.7. The van der Waals surface area contributed by atoms with Crippen LogP contribution in [-0.2, 0) is 9.59 Å². The summed E-state index contributed by atoms with van der Waals surface area (Å²) in [5, 5.41) is 5.25. The van der Waals surface area contributed by atoms with Crippen molar-refractivity contribution in [1.29, 1.82) is 0 Å². The van der Waals surface area contributed by atoms with Crippen molar-refractivity contribution in [3.8, 4) is 0 Å². The molecule has 7 heteroatoms. The third-order valence-electron chi connectivity index (χ3n) is 3.26. The minimum Gasteiger partial charge on any atom is -0.399 e. The second kappa shape index (κ2) is 7.03. The molecule has 0 saturated carbocycles. The van der Waals surface area contributed by atoms with Crippen molar-refractivity contribution in [3.63, 3.8) is 0 Å². The van der Waals surface area contributed by atoms with Gasteiger partial charge in [-0.15, -0.1) is 0 Å². The van der Waals surface area contributed by atoms with Crippen LogP contribution in [0.25, 0.3) is 0 Å². The molecule has 2 rings (SSSR count). The van der Waals surface area contributed by atoms with Gasteiger partial charge in [-0.05, 0) is 31.2 Å². The molecule has 1 aliphatic heterocycles. The van der Waals surface area contributed by atoms with Crippen molar-refractivity contribution in [2.24, 2.45) is 0 Å². The number of amides is 2. The number of nitrogens with one attached hydrogen (secondary N) is 2. The highest BCUT2D eigenvalue weighted by Gasteiger charge is 2.16. The fraction of sp³-hybridized carbons (Fsp3) is 0.429. The molecule has 0 radical (unpaired) electrons. The van der Waals surface area contributed by atoms with Crippen LogP contribution in [0.1, 0.15) is 12.8 Å². The average molecular weight is 294 g/mol. The molecule has 6 nitrogen and oxygen atoms in total. The summed E-state index contributed by atoms with van der Waals surface area (Å²) in [6.45, 7) is 2.46. The Labute approximate surface area is 122 Å². The summed E-state index contributed by atoms with van der Waals surface area (Å²) >= 11 is 0. The molecule has 21 heavy (non-hydrogen) atoms. The summed E-state index contributed by atoms with van der Waals surface area (Å²) in [7, 11) is 0. The Morgan fingerprint density at radius 1 is 1.48 bits per heavy atom. The summed E-state index contributed by atoms with van der Waals surface area (Å²) in [6, 6.07) is 4.05. The lowest BCUT2D eigenvalue weighted by molar-refractivity contribution is -0.124. The molecule has 0 aliphatic carbocycles. The van der Waals surface area contributed by atoms with E-state index >= 15 is 0 Å². The van der Waals surface area contributed by atoms with E-state index in [-0.39, 0.29) is 23.9 Å². The topological polar surface area (TPSA) is 87.5 Å². The van der Waals surface area contributed by atoms with E-state index in [4.69, 9.17) is 5.73 Å². The first kappa shape index (κ1) is 15.2. The molecule has 0 bridgehead atoms. The van der Waals surface area contributed by atoms with Gasteiger partial charge in [0.1, 0.15) is 5.82 Å². The van der Waals surface area contributed by atoms with Crippen LogP contribution in [0, 0.1) is 5.82 Å². The molecule has 4 N–H and O–H groups in total. The number of nitrogens with zero attached hydrogens (tertiary/aromatic N) is 1. The number of benzene rings is 1. The van der Waals surface area contributed by atoms with Crippen molar-refractivity contribution in [3.05, 3.63) is 24.0 Å². The number of hydrogen-bond donors (Lipinski definition) is 3. The van der Waals surface area contributed by atoms with Crippen molar-refractivity contribution in [2.75, 3.05) is 37.2 Å². The Morgan fingerprint density at radius 3 is 3.05 bits per heavy atom. The lowest BCUT2D eigenvalue weighted by Gasteiger charge is -2.26. The Hall–Kier alpha value is -2.15. The van der Waals surface area contributed by atoms with E-state index in [1.165, 1.54) is 18.2 Å². The number of anilines is 2. The predicted octanol–water partition coefficient (Wildman–Crippen LogP) is 0.558. The quantitative estimate of drug-likeness (QED) is 0.692. The summed E-state index contributed by atoms with van der Waals surface area (Å²) in [5.74, 6) is -0.765. The zero-order chi connectivity index (χ0) is 15.2. The SMILES string of the molecule is Nc1ccc(F)c(NC(=O)CCCN2CCNC(=O)C2)c1. The number of rotatable bonds is 5. The summed E-state index contributed by atoms with van der Waals surface area (Å²) in [4.78, 5) is 25.0. The predicted molar refractivity (Wildman–Crippen MR) is 78.1 cm³/mol. The number of nitrogen functional groups attached to an aromatic ring is 1. The largest absolute Gasteiger partial charge is 0.399 e. The van der Waals surface area contributed by atoms with Gasteiger partial charge >= 0.3 is 0 Å². The molecular formula is C14H19FN4O2. The maximum Gasteiger partial charge on any atom is 0.234 e. The minimum absolute atomic E-state index is 0.00698. The number of halogens is 1. The summed E-state index contributed by atoms with van der Waals surface area (Å²) in [6.07, 6.45) is 0.884. The minimum atomic E-state index is -0.509. The number of carbonyl (C=O) groups is 2. The third kappa shape index (κ3) is 4.71. The van der Waals surface area contributed by atoms with Gasteiger partial charge in [0.05, 0.1) is 12.2 Å². The van der Waals surface area contributed by atoms with Crippen LogP contribution < -0.4 is 16.4 Å². The van der Waals surface area contributed by atoms with Gasteiger partial charge in [0.15, 0.2) is 0 Å². The van der Waals surface area contributed by atoms with Crippen molar-refractivity contribution < 1.29 is 14.0 Å². The molecule has 1 heterocycles. The van der Waals surface area contributed by atoms with Gasteiger partial charge in [0, 0.05) is 25.2 Å². The highest BCUT2D eigenvalue weighted by atomic mass is 19.1. The maximum absolute atomic E-state index is 13.5. The van der Waals surface area contributed by atoms with E-state index in [0.29, 0.717) is 31.7 Å². The number of carbonyl (C=O) groups excluding carboxylic acids is 2. The average Bonchev–Trinajstić information content (AvgIpc) is 2.43. The van der Waals surface area contributed by atoms with Gasteiger partial charge in [-0.25, -0.2) is 4.39 Å². The van der Waals surface area contributed by atoms with Crippen LogP contribution >= 0.6 is 0 Å². The van der Waals surface area contributed by atoms with Gasteiger partial charge < -0.3 is 16.4 Å². The first-order valence-corrected chi connectivity index (χ1v) is 6.88. The number of nitrogens with two attached hydrogens (primary N) is 1. The molecular weight excluding hydrogens is 275 g/mol. The van der Waals surface area contributed by atoms with E-state index in [2.05, 4.69) is 10.6 Å². The summed E-state index contributed by atoms with van der Waals surface area (Å²) in [5.41, 5.74) is 6.04. The van der Waals surface area contributed by atoms with Gasteiger partial charge in [0.2, 0.25) is 11.8 Å². The lowest BCUT2D eigenvalue weighted by atomic mass is 10.2. The Morgan fingerprint density at radius 2 is 2.29 bits per heavy atom. The molecule has 0 aromatic heterocycles. The monoisotopic (exact) mass is 294 g/mol. The smallest absolute Gasteiger partial charge is 0.234 e. The van der Waals surface area contributed by atoms with E-state index in [1.807, 2.05) is 4.90 Å². The van der Waals surface area contributed by atoms with Crippen molar-refractivity contribution in [2.45, 2.75) is 12.8 Å². The molecule has 2 amide bonds. The van der Waals surface area contributed by atoms with E-state index < -0.39 is 5.82 Å². The van der Waals surface area contributed by atoms with E-state index in [9.17, 15) is 14.0 Å². The van der Waals surface area contributed by atoms with Crippen LogP contribution in [0.2, 0.25) is 0 Å². The van der Waals surface area contributed by atoms with Gasteiger partial charge in [0.25, 0.3) is 0 Å². The zero-order valence-corrected chi connectivity index (χ0v) is 11.7. The van der Waals surface area contributed by atoms with Crippen LogP contribution in [-0.4, -0.2) is 42.9 Å². The molecule has 1 aromatic carbocycles. The molecule has 1 saturated heterocycles. The Balaban J connectivity index is 1.74. The maximum atomic E-state index is 13.5. The molecule has 1 aromatic rings. The highest BCUT2D eigenvalue weighted by molar-refractivity contribution is 5.91. The molecule has 114 valence electrons. The van der Waals surface area contributed by atoms with E-state index in [0.717, 1.165) is 6.54 Å². The van der Waals surface area contributed by atoms with Crippen LogP contribution in [0.5, 0.6) is 0 Å².